The van der Waals surface area contributed by atoms with Crippen LogP contribution >= 0.6 is 0 Å². The number of pyridine rings is 1. The topological polar surface area (TPSA) is 52.6 Å². The van der Waals surface area contributed by atoms with Crippen LogP contribution in [0.15, 0.2) is 12.3 Å². The Hall–Kier alpha value is -1.11. The molecule has 0 bridgehead atoms. The summed E-state index contributed by atoms with van der Waals surface area (Å²) < 4.78 is 18.1. The van der Waals surface area contributed by atoms with Crippen LogP contribution in [0.4, 0.5) is 0 Å². The van der Waals surface area contributed by atoms with E-state index >= 15 is 0 Å². The number of ether oxygens (including phenoxy) is 1. The second-order valence-corrected chi connectivity index (χ2v) is 7.20. The van der Waals surface area contributed by atoms with Crippen molar-refractivity contribution >= 4 is 12.6 Å². The van der Waals surface area contributed by atoms with Crippen molar-refractivity contribution in [2.24, 2.45) is 0 Å². The highest BCUT2D eigenvalue weighted by Crippen LogP contribution is 2.36. The van der Waals surface area contributed by atoms with Crippen molar-refractivity contribution < 1.29 is 14.0 Å². The van der Waals surface area contributed by atoms with Crippen LogP contribution in [0.2, 0.25) is 0 Å². The van der Waals surface area contributed by atoms with Crippen LogP contribution in [0.5, 0.6) is 5.88 Å². The Balaban J connectivity index is 1.75. The zero-order chi connectivity index (χ0) is 16.0. The van der Waals surface area contributed by atoms with Gasteiger partial charge < -0.3 is 19.4 Å². The smallest absolute Gasteiger partial charge is 0.473 e. The minimum Gasteiger partial charge on any atom is -0.473 e. The number of nitrogens with one attached hydrogen (secondary N) is 1. The second-order valence-electron chi connectivity index (χ2n) is 7.20. The average molecular weight is 304 g/mol. The zero-order valence-corrected chi connectivity index (χ0v) is 14.1. The molecular weight excluding hydrogens is 279 g/mol. The molecule has 1 aromatic rings. The molecule has 0 aliphatic carbocycles. The Bertz CT molecular complexity index is 540. The van der Waals surface area contributed by atoms with E-state index in [1.165, 1.54) is 0 Å². The van der Waals surface area contributed by atoms with Crippen LogP contribution in [-0.4, -0.2) is 42.5 Å². The minimum absolute atomic E-state index is 0.217. The van der Waals surface area contributed by atoms with E-state index in [0.29, 0.717) is 5.88 Å². The number of nitrogens with zero attached hydrogens (tertiary/aromatic N) is 1. The molecule has 0 radical (unpaired) electrons. The van der Waals surface area contributed by atoms with Crippen molar-refractivity contribution in [2.45, 2.75) is 58.3 Å². The molecular formula is C16H25BN2O3. The predicted octanol–water partition coefficient (Wildman–Crippen LogP) is 1.43. The molecule has 0 saturated carbocycles. The van der Waals surface area contributed by atoms with Crippen molar-refractivity contribution in [3.8, 4) is 5.88 Å². The SMILES string of the molecule is Cc1cc(OC2CCNC2)ncc1B1OC(C)(C)C(C)(C)O1. The number of aryl methyl sites for hydroxylation is 1. The van der Waals surface area contributed by atoms with Crippen LogP contribution in [0.25, 0.3) is 0 Å². The van der Waals surface area contributed by atoms with Gasteiger partial charge in [0.15, 0.2) is 0 Å². The summed E-state index contributed by atoms with van der Waals surface area (Å²) in [6.07, 6.45) is 3.06. The third-order valence-electron chi connectivity index (χ3n) is 4.94. The molecule has 3 rings (SSSR count). The van der Waals surface area contributed by atoms with Crippen LogP contribution in [0.3, 0.4) is 0 Å². The number of hydrogen-bond donors (Lipinski definition) is 1. The maximum absolute atomic E-state index is 6.09. The summed E-state index contributed by atoms with van der Waals surface area (Å²) in [5, 5.41) is 3.29. The number of hydrogen-bond acceptors (Lipinski definition) is 5. The standard InChI is InChI=1S/C16H25BN2O3/c1-11-8-14(20-12-6-7-18-9-12)19-10-13(11)17-21-15(2,3)16(4,5)22-17/h8,10,12,18H,6-7,9H2,1-5H3. The van der Waals surface area contributed by atoms with Crippen molar-refractivity contribution in [3.63, 3.8) is 0 Å². The molecule has 6 heteroatoms. The summed E-state index contributed by atoms with van der Waals surface area (Å²) >= 11 is 0. The summed E-state index contributed by atoms with van der Waals surface area (Å²) in [5.74, 6) is 0.673. The van der Waals surface area contributed by atoms with Crippen LogP contribution in [-0.2, 0) is 9.31 Å². The highest BCUT2D eigenvalue weighted by molar-refractivity contribution is 6.62. The van der Waals surface area contributed by atoms with E-state index in [4.69, 9.17) is 14.0 Å². The highest BCUT2D eigenvalue weighted by atomic mass is 16.7. The van der Waals surface area contributed by atoms with E-state index in [-0.39, 0.29) is 24.4 Å². The average Bonchev–Trinajstić information content (AvgIpc) is 2.96. The van der Waals surface area contributed by atoms with Crippen LogP contribution in [0, 0.1) is 6.92 Å². The van der Waals surface area contributed by atoms with Gasteiger partial charge in [-0.15, -0.1) is 0 Å². The Labute approximate surface area is 132 Å². The normalized spacial score (nSPS) is 26.4. The summed E-state index contributed by atoms with van der Waals surface area (Å²) in [5.41, 5.74) is 1.37. The first-order valence-electron chi connectivity index (χ1n) is 7.98. The molecule has 0 spiro atoms. The van der Waals surface area contributed by atoms with Gasteiger partial charge >= 0.3 is 7.12 Å². The van der Waals surface area contributed by atoms with E-state index in [2.05, 4.69) is 38.0 Å². The van der Waals surface area contributed by atoms with Gasteiger partial charge in [0.2, 0.25) is 5.88 Å². The van der Waals surface area contributed by atoms with E-state index < -0.39 is 0 Å². The van der Waals surface area contributed by atoms with Crippen molar-refractivity contribution in [2.75, 3.05) is 13.1 Å². The maximum atomic E-state index is 6.09. The van der Waals surface area contributed by atoms with Crippen LogP contribution in [0.1, 0.15) is 39.7 Å². The predicted molar refractivity (Wildman–Crippen MR) is 86.6 cm³/mol. The lowest BCUT2D eigenvalue weighted by atomic mass is 9.77. The second kappa shape index (κ2) is 5.51. The van der Waals surface area contributed by atoms with Crippen molar-refractivity contribution in [3.05, 3.63) is 17.8 Å². The Morgan fingerprint density at radius 1 is 1.27 bits per heavy atom. The van der Waals surface area contributed by atoms with Gasteiger partial charge in [-0.3, -0.25) is 0 Å². The van der Waals surface area contributed by atoms with E-state index in [0.717, 1.165) is 30.5 Å². The van der Waals surface area contributed by atoms with E-state index in [9.17, 15) is 0 Å². The number of rotatable bonds is 3. The Kier molecular flexibility index (Phi) is 3.95. The molecule has 1 unspecified atom stereocenters. The quantitative estimate of drug-likeness (QED) is 0.856. The zero-order valence-electron chi connectivity index (χ0n) is 14.1. The molecule has 3 heterocycles. The molecule has 5 nitrogen and oxygen atoms in total. The summed E-state index contributed by atoms with van der Waals surface area (Å²) in [4.78, 5) is 4.43. The van der Waals surface area contributed by atoms with Crippen molar-refractivity contribution in [1.29, 1.82) is 0 Å². The molecule has 2 aliphatic rings. The lowest BCUT2D eigenvalue weighted by molar-refractivity contribution is 0.00578. The van der Waals surface area contributed by atoms with Crippen LogP contribution < -0.4 is 15.5 Å². The molecule has 2 fully saturated rings. The maximum Gasteiger partial charge on any atom is 0.496 e. The number of aromatic nitrogens is 1. The minimum atomic E-state index is -0.375. The fourth-order valence-corrected chi connectivity index (χ4v) is 2.72. The van der Waals surface area contributed by atoms with Gasteiger partial charge in [0.1, 0.15) is 6.10 Å². The fraction of sp³-hybridized carbons (Fsp3) is 0.688. The summed E-state index contributed by atoms with van der Waals surface area (Å²) in [6.45, 7) is 12.2. The molecule has 1 aromatic heterocycles. The highest BCUT2D eigenvalue weighted by Gasteiger charge is 2.52. The molecule has 22 heavy (non-hydrogen) atoms. The van der Waals surface area contributed by atoms with E-state index in [1.807, 2.05) is 19.2 Å². The summed E-state index contributed by atoms with van der Waals surface area (Å²) in [7, 11) is -0.375. The van der Waals surface area contributed by atoms with Gasteiger partial charge in [0, 0.05) is 24.3 Å². The van der Waals surface area contributed by atoms with Gasteiger partial charge in [0.05, 0.1) is 11.2 Å². The molecule has 120 valence electrons. The largest absolute Gasteiger partial charge is 0.496 e. The van der Waals surface area contributed by atoms with Gasteiger partial charge in [-0.25, -0.2) is 4.98 Å². The third-order valence-corrected chi connectivity index (χ3v) is 4.94. The Morgan fingerprint density at radius 3 is 2.50 bits per heavy atom. The van der Waals surface area contributed by atoms with E-state index in [1.54, 1.807) is 0 Å². The van der Waals surface area contributed by atoms with Gasteiger partial charge in [-0.05, 0) is 53.1 Å². The molecule has 1 atom stereocenters. The lowest BCUT2D eigenvalue weighted by Gasteiger charge is -2.32. The first-order chi connectivity index (χ1) is 10.3. The summed E-state index contributed by atoms with van der Waals surface area (Å²) in [6, 6.07) is 1.97. The lowest BCUT2D eigenvalue weighted by Crippen LogP contribution is -2.41. The molecule has 0 aromatic carbocycles. The molecule has 2 saturated heterocycles. The molecule has 2 aliphatic heterocycles. The first-order valence-corrected chi connectivity index (χ1v) is 7.98. The first kappa shape index (κ1) is 15.8. The molecule has 1 N–H and O–H groups in total. The monoisotopic (exact) mass is 304 g/mol. The van der Waals surface area contributed by atoms with Gasteiger partial charge in [-0.1, -0.05) is 0 Å². The molecule has 0 amide bonds. The van der Waals surface area contributed by atoms with Gasteiger partial charge in [0.25, 0.3) is 0 Å². The Morgan fingerprint density at radius 2 is 1.95 bits per heavy atom. The van der Waals surface area contributed by atoms with Gasteiger partial charge in [-0.2, -0.15) is 0 Å². The van der Waals surface area contributed by atoms with Crippen molar-refractivity contribution in [1.82, 2.24) is 10.3 Å². The third kappa shape index (κ3) is 2.87. The fourth-order valence-electron chi connectivity index (χ4n) is 2.72.